The van der Waals surface area contributed by atoms with Gasteiger partial charge in [-0.15, -0.1) is 0 Å². The van der Waals surface area contributed by atoms with Crippen LogP contribution in [0.4, 0.5) is 0 Å². The fourth-order valence-corrected chi connectivity index (χ4v) is 3.44. The van der Waals surface area contributed by atoms with Crippen LogP contribution in [0, 0.1) is 17.2 Å². The lowest BCUT2D eigenvalue weighted by molar-refractivity contribution is 0.476. The van der Waals surface area contributed by atoms with Gasteiger partial charge < -0.3 is 0 Å². The van der Waals surface area contributed by atoms with Crippen LogP contribution < -0.4 is 0 Å². The Bertz CT molecular complexity index is 579. The van der Waals surface area contributed by atoms with Gasteiger partial charge in [0.05, 0.1) is 17.2 Å². The number of aryl methyl sites for hydroxylation is 1. The van der Waals surface area contributed by atoms with Crippen LogP contribution in [-0.4, -0.2) is 24.0 Å². The molecule has 0 amide bonds. The average molecular weight is 253 g/mol. The molecule has 6 heteroatoms. The van der Waals surface area contributed by atoms with Gasteiger partial charge in [0, 0.05) is 18.5 Å². The van der Waals surface area contributed by atoms with Crippen molar-refractivity contribution in [1.29, 1.82) is 5.26 Å². The number of nitriles is 1. The second kappa shape index (κ2) is 4.15. The van der Waals surface area contributed by atoms with E-state index >= 15 is 0 Å². The van der Waals surface area contributed by atoms with Crippen molar-refractivity contribution in [3.8, 4) is 6.07 Å². The standard InChI is InChI=1S/C11H15N3O2S/c1-8(2)6-14-11(5-12)9-7-17(15,16)4-3-10(9)13-14/h8H,3-4,6-7H2,1-2H3. The van der Waals surface area contributed by atoms with E-state index in [0.717, 1.165) is 5.69 Å². The first-order valence-electron chi connectivity index (χ1n) is 5.62. The van der Waals surface area contributed by atoms with Crippen molar-refractivity contribution >= 4 is 9.84 Å². The van der Waals surface area contributed by atoms with Crippen LogP contribution in [0.2, 0.25) is 0 Å². The number of hydrogen-bond acceptors (Lipinski definition) is 4. The van der Waals surface area contributed by atoms with Crippen LogP contribution in [0.5, 0.6) is 0 Å². The molecule has 0 unspecified atom stereocenters. The van der Waals surface area contributed by atoms with Crippen molar-refractivity contribution in [2.75, 3.05) is 5.75 Å². The first-order chi connectivity index (χ1) is 7.93. The third kappa shape index (κ3) is 2.34. The fourth-order valence-electron chi connectivity index (χ4n) is 2.05. The summed E-state index contributed by atoms with van der Waals surface area (Å²) < 4.78 is 24.8. The van der Waals surface area contributed by atoms with E-state index in [0.29, 0.717) is 30.1 Å². The number of fused-ring (bicyclic) bond motifs is 1. The van der Waals surface area contributed by atoms with Gasteiger partial charge in [0.1, 0.15) is 11.8 Å². The Morgan fingerprint density at radius 1 is 1.53 bits per heavy atom. The molecule has 2 rings (SSSR count). The summed E-state index contributed by atoms with van der Waals surface area (Å²) in [6.45, 7) is 4.73. The normalized spacial score (nSPS) is 17.8. The van der Waals surface area contributed by atoms with E-state index in [9.17, 15) is 8.42 Å². The van der Waals surface area contributed by atoms with Crippen LogP contribution in [0.3, 0.4) is 0 Å². The zero-order chi connectivity index (χ0) is 12.6. The lowest BCUT2D eigenvalue weighted by atomic mass is 10.1. The minimum absolute atomic E-state index is 0.0384. The summed E-state index contributed by atoms with van der Waals surface area (Å²) in [4.78, 5) is 0. The number of nitrogens with zero attached hydrogens (tertiary/aromatic N) is 3. The summed E-state index contributed by atoms with van der Waals surface area (Å²) in [7, 11) is -3.05. The highest BCUT2D eigenvalue weighted by Gasteiger charge is 2.28. The van der Waals surface area contributed by atoms with Gasteiger partial charge >= 0.3 is 0 Å². The molecule has 1 aliphatic rings. The average Bonchev–Trinajstić information content (AvgIpc) is 2.52. The molecule has 1 aromatic heterocycles. The summed E-state index contributed by atoms with van der Waals surface area (Å²) in [6, 6.07) is 2.08. The van der Waals surface area contributed by atoms with Crippen LogP contribution in [0.15, 0.2) is 0 Å². The molecule has 0 atom stereocenters. The largest absolute Gasteiger partial charge is 0.254 e. The lowest BCUT2D eigenvalue weighted by Gasteiger charge is -2.10. The molecule has 0 bridgehead atoms. The highest BCUT2D eigenvalue weighted by molar-refractivity contribution is 7.90. The highest BCUT2D eigenvalue weighted by atomic mass is 32.2. The number of sulfone groups is 1. The van der Waals surface area contributed by atoms with Gasteiger partial charge in [0.25, 0.3) is 0 Å². The SMILES string of the molecule is CC(C)Cn1nc2c(c1C#N)CS(=O)(=O)CC2. The van der Waals surface area contributed by atoms with Gasteiger partial charge in [-0.1, -0.05) is 13.8 Å². The second-order valence-electron chi connectivity index (χ2n) is 4.80. The van der Waals surface area contributed by atoms with E-state index in [1.54, 1.807) is 4.68 Å². The maximum atomic E-state index is 11.6. The van der Waals surface area contributed by atoms with Crippen LogP contribution in [-0.2, 0) is 28.6 Å². The molecule has 0 spiro atoms. The summed E-state index contributed by atoms with van der Waals surface area (Å²) in [5.41, 5.74) is 1.80. The van der Waals surface area contributed by atoms with Crippen LogP contribution in [0.1, 0.15) is 30.8 Å². The summed E-state index contributed by atoms with van der Waals surface area (Å²) in [5.74, 6) is 0.479. The Morgan fingerprint density at radius 2 is 2.24 bits per heavy atom. The zero-order valence-corrected chi connectivity index (χ0v) is 10.8. The first kappa shape index (κ1) is 12.1. The number of rotatable bonds is 2. The number of hydrogen-bond donors (Lipinski definition) is 0. The maximum absolute atomic E-state index is 11.6. The van der Waals surface area contributed by atoms with E-state index in [1.165, 1.54) is 0 Å². The van der Waals surface area contributed by atoms with Gasteiger partial charge in [-0.05, 0) is 5.92 Å². The molecule has 0 saturated heterocycles. The zero-order valence-electron chi connectivity index (χ0n) is 9.97. The van der Waals surface area contributed by atoms with Gasteiger partial charge in [0.2, 0.25) is 0 Å². The molecule has 0 radical (unpaired) electrons. The van der Waals surface area contributed by atoms with Gasteiger partial charge in [-0.25, -0.2) is 8.42 Å². The van der Waals surface area contributed by atoms with Crippen molar-refractivity contribution in [2.45, 2.75) is 32.6 Å². The van der Waals surface area contributed by atoms with Gasteiger partial charge in [0.15, 0.2) is 9.84 Å². The van der Waals surface area contributed by atoms with E-state index in [-0.39, 0.29) is 11.5 Å². The Balaban J connectivity index is 2.48. The molecule has 0 aromatic carbocycles. The monoisotopic (exact) mass is 253 g/mol. The predicted molar refractivity (Wildman–Crippen MR) is 63.0 cm³/mol. The molecule has 5 nitrogen and oxygen atoms in total. The maximum Gasteiger partial charge on any atom is 0.155 e. The molecule has 92 valence electrons. The topological polar surface area (TPSA) is 75.8 Å². The van der Waals surface area contributed by atoms with Gasteiger partial charge in [-0.3, -0.25) is 4.68 Å². The molecule has 0 N–H and O–H groups in total. The predicted octanol–water partition coefficient (Wildman–Crippen LogP) is 0.882. The Kier molecular flexibility index (Phi) is 2.96. The Hall–Kier alpha value is -1.35. The summed E-state index contributed by atoms with van der Waals surface area (Å²) >= 11 is 0. The summed E-state index contributed by atoms with van der Waals surface area (Å²) in [6.07, 6.45) is 0.428. The van der Waals surface area contributed by atoms with Crippen LogP contribution in [0.25, 0.3) is 0 Å². The Labute approximate surface area is 101 Å². The van der Waals surface area contributed by atoms with Crippen molar-refractivity contribution in [3.63, 3.8) is 0 Å². The molecule has 0 saturated carbocycles. The van der Waals surface area contributed by atoms with Crippen molar-refractivity contribution in [3.05, 3.63) is 17.0 Å². The molecule has 2 heterocycles. The van der Waals surface area contributed by atoms with E-state index in [1.807, 2.05) is 13.8 Å². The fraction of sp³-hybridized carbons (Fsp3) is 0.636. The van der Waals surface area contributed by atoms with Gasteiger partial charge in [-0.2, -0.15) is 10.4 Å². The van der Waals surface area contributed by atoms with Crippen molar-refractivity contribution in [2.24, 2.45) is 5.92 Å². The molecule has 0 fully saturated rings. The minimum atomic E-state index is -3.05. The quantitative estimate of drug-likeness (QED) is 0.784. The summed E-state index contributed by atoms with van der Waals surface area (Å²) in [5, 5.41) is 13.5. The van der Waals surface area contributed by atoms with E-state index < -0.39 is 9.84 Å². The smallest absolute Gasteiger partial charge is 0.155 e. The highest BCUT2D eigenvalue weighted by Crippen LogP contribution is 2.23. The molecule has 1 aromatic rings. The van der Waals surface area contributed by atoms with E-state index in [4.69, 9.17) is 5.26 Å². The lowest BCUT2D eigenvalue weighted by Crippen LogP contribution is -2.18. The second-order valence-corrected chi connectivity index (χ2v) is 6.99. The molecular weight excluding hydrogens is 238 g/mol. The van der Waals surface area contributed by atoms with Crippen molar-refractivity contribution < 1.29 is 8.42 Å². The third-order valence-corrected chi connectivity index (χ3v) is 4.35. The van der Waals surface area contributed by atoms with Crippen LogP contribution >= 0.6 is 0 Å². The molecule has 17 heavy (non-hydrogen) atoms. The van der Waals surface area contributed by atoms with Crippen molar-refractivity contribution in [1.82, 2.24) is 9.78 Å². The molecule has 0 aliphatic carbocycles. The Morgan fingerprint density at radius 3 is 2.82 bits per heavy atom. The third-order valence-electron chi connectivity index (χ3n) is 2.79. The minimum Gasteiger partial charge on any atom is -0.254 e. The molecular formula is C11H15N3O2S. The molecule has 1 aliphatic heterocycles. The van der Waals surface area contributed by atoms with E-state index in [2.05, 4.69) is 11.2 Å². The first-order valence-corrected chi connectivity index (χ1v) is 7.44. The number of aromatic nitrogens is 2.